The molecule has 96 valence electrons. The van der Waals surface area contributed by atoms with Crippen LogP contribution in [0, 0.1) is 6.92 Å². The van der Waals surface area contributed by atoms with Gasteiger partial charge in [0.2, 0.25) is 0 Å². The van der Waals surface area contributed by atoms with Crippen molar-refractivity contribution in [2.24, 2.45) is 0 Å². The first-order valence-electron chi connectivity index (χ1n) is 6.05. The predicted molar refractivity (Wildman–Crippen MR) is 66.7 cm³/mol. The second-order valence-electron chi connectivity index (χ2n) is 4.56. The normalized spacial score (nSPS) is 14.4. The lowest BCUT2D eigenvalue weighted by atomic mass is 10.1. The zero-order valence-corrected chi connectivity index (χ0v) is 10.4. The number of nitrogens with zero attached hydrogens (tertiary/aromatic N) is 4. The standard InChI is InChI=1S/C13H12N4O2/c1-7-14-5-4-10(16-7)12-15-6-9(13(18)19)11(17-12)8-2-3-8/h4-6,8H,2-3H2,1H3,(H,18,19). The molecule has 0 aliphatic heterocycles. The van der Waals surface area contributed by atoms with Crippen LogP contribution >= 0.6 is 0 Å². The molecule has 2 heterocycles. The van der Waals surface area contributed by atoms with Gasteiger partial charge in [-0.25, -0.2) is 24.7 Å². The van der Waals surface area contributed by atoms with Crippen molar-refractivity contribution in [3.63, 3.8) is 0 Å². The van der Waals surface area contributed by atoms with Crippen molar-refractivity contribution >= 4 is 5.97 Å². The fraction of sp³-hybridized carbons (Fsp3) is 0.308. The van der Waals surface area contributed by atoms with Crippen LogP contribution in [0.3, 0.4) is 0 Å². The summed E-state index contributed by atoms with van der Waals surface area (Å²) < 4.78 is 0. The second kappa shape index (κ2) is 4.38. The van der Waals surface area contributed by atoms with E-state index in [9.17, 15) is 4.79 Å². The molecule has 0 atom stereocenters. The average molecular weight is 256 g/mol. The quantitative estimate of drug-likeness (QED) is 0.901. The third kappa shape index (κ3) is 2.29. The van der Waals surface area contributed by atoms with Gasteiger partial charge in [0.15, 0.2) is 5.82 Å². The molecule has 1 aliphatic carbocycles. The van der Waals surface area contributed by atoms with Gasteiger partial charge in [-0.15, -0.1) is 0 Å². The molecule has 0 aromatic carbocycles. The van der Waals surface area contributed by atoms with E-state index in [0.717, 1.165) is 12.8 Å². The van der Waals surface area contributed by atoms with Crippen LogP contribution in [0.25, 0.3) is 11.5 Å². The molecule has 0 amide bonds. The van der Waals surface area contributed by atoms with Gasteiger partial charge in [0.25, 0.3) is 0 Å². The van der Waals surface area contributed by atoms with E-state index in [2.05, 4.69) is 19.9 Å². The summed E-state index contributed by atoms with van der Waals surface area (Å²) in [5.41, 5.74) is 1.43. The highest BCUT2D eigenvalue weighted by Gasteiger charge is 2.30. The molecule has 2 aromatic heterocycles. The highest BCUT2D eigenvalue weighted by atomic mass is 16.4. The highest BCUT2D eigenvalue weighted by molar-refractivity contribution is 5.89. The Balaban J connectivity index is 2.08. The molecule has 1 fully saturated rings. The summed E-state index contributed by atoms with van der Waals surface area (Å²) in [6.07, 6.45) is 4.98. The van der Waals surface area contributed by atoms with E-state index in [1.54, 1.807) is 19.2 Å². The third-order valence-electron chi connectivity index (χ3n) is 3.02. The first-order chi connectivity index (χ1) is 9.15. The lowest BCUT2D eigenvalue weighted by Crippen LogP contribution is -2.07. The van der Waals surface area contributed by atoms with Crippen molar-refractivity contribution in [1.82, 2.24) is 19.9 Å². The number of hydrogen-bond donors (Lipinski definition) is 1. The van der Waals surface area contributed by atoms with E-state index in [-0.39, 0.29) is 11.5 Å². The van der Waals surface area contributed by atoms with E-state index < -0.39 is 5.97 Å². The summed E-state index contributed by atoms with van der Waals surface area (Å²) in [7, 11) is 0. The van der Waals surface area contributed by atoms with Crippen molar-refractivity contribution < 1.29 is 9.90 Å². The summed E-state index contributed by atoms with van der Waals surface area (Å²) in [5.74, 6) is 0.358. The van der Waals surface area contributed by atoms with E-state index in [1.807, 2.05) is 0 Å². The molecule has 0 saturated heterocycles. The Morgan fingerprint density at radius 1 is 1.32 bits per heavy atom. The molecule has 6 heteroatoms. The monoisotopic (exact) mass is 256 g/mol. The van der Waals surface area contributed by atoms with Crippen LogP contribution in [0.5, 0.6) is 0 Å². The Morgan fingerprint density at radius 2 is 2.11 bits per heavy atom. The van der Waals surface area contributed by atoms with Crippen LogP contribution in [-0.2, 0) is 0 Å². The van der Waals surface area contributed by atoms with Gasteiger partial charge in [-0.3, -0.25) is 0 Å². The molecule has 0 unspecified atom stereocenters. The number of aromatic carboxylic acids is 1. The molecular formula is C13H12N4O2. The number of carbonyl (C=O) groups is 1. The van der Waals surface area contributed by atoms with E-state index >= 15 is 0 Å². The van der Waals surface area contributed by atoms with Crippen molar-refractivity contribution in [2.45, 2.75) is 25.7 Å². The van der Waals surface area contributed by atoms with Gasteiger partial charge in [-0.1, -0.05) is 0 Å². The lowest BCUT2D eigenvalue weighted by molar-refractivity contribution is 0.0694. The van der Waals surface area contributed by atoms with E-state index in [4.69, 9.17) is 5.11 Å². The molecule has 1 N–H and O–H groups in total. The molecule has 6 nitrogen and oxygen atoms in total. The Labute approximate surface area is 109 Å². The van der Waals surface area contributed by atoms with Crippen molar-refractivity contribution in [3.05, 3.63) is 35.5 Å². The number of carboxylic acids is 1. The van der Waals surface area contributed by atoms with Crippen LogP contribution in [0.2, 0.25) is 0 Å². The first kappa shape index (κ1) is 11.7. The highest BCUT2D eigenvalue weighted by Crippen LogP contribution is 2.40. The minimum absolute atomic E-state index is 0.192. The zero-order valence-electron chi connectivity index (χ0n) is 10.4. The van der Waals surface area contributed by atoms with Gasteiger partial charge in [0.1, 0.15) is 11.5 Å². The summed E-state index contributed by atoms with van der Waals surface area (Å²) in [5, 5.41) is 9.14. The van der Waals surface area contributed by atoms with Crippen LogP contribution in [-0.4, -0.2) is 31.0 Å². The number of hydrogen-bond acceptors (Lipinski definition) is 5. The third-order valence-corrected chi connectivity index (χ3v) is 3.02. The van der Waals surface area contributed by atoms with Gasteiger partial charge in [0, 0.05) is 18.3 Å². The molecular weight excluding hydrogens is 244 g/mol. The van der Waals surface area contributed by atoms with Gasteiger partial charge in [0.05, 0.1) is 11.3 Å². The van der Waals surface area contributed by atoms with Gasteiger partial charge < -0.3 is 5.11 Å². The Bertz CT molecular complexity index is 653. The molecule has 0 radical (unpaired) electrons. The van der Waals surface area contributed by atoms with Crippen molar-refractivity contribution in [2.75, 3.05) is 0 Å². The fourth-order valence-electron chi connectivity index (χ4n) is 1.93. The molecule has 2 aromatic rings. The largest absolute Gasteiger partial charge is 0.478 e. The average Bonchev–Trinajstić information content (AvgIpc) is 3.22. The first-order valence-corrected chi connectivity index (χ1v) is 6.05. The molecule has 0 spiro atoms. The predicted octanol–water partition coefficient (Wildman–Crippen LogP) is 1.82. The number of aromatic nitrogens is 4. The smallest absolute Gasteiger partial charge is 0.339 e. The van der Waals surface area contributed by atoms with Crippen LogP contribution in [0.15, 0.2) is 18.5 Å². The molecule has 1 saturated carbocycles. The van der Waals surface area contributed by atoms with E-state index in [1.165, 1.54) is 6.20 Å². The summed E-state index contributed by atoms with van der Waals surface area (Å²) in [4.78, 5) is 27.9. The van der Waals surface area contributed by atoms with Crippen LogP contribution < -0.4 is 0 Å². The van der Waals surface area contributed by atoms with E-state index in [0.29, 0.717) is 23.0 Å². The van der Waals surface area contributed by atoms with Crippen molar-refractivity contribution in [1.29, 1.82) is 0 Å². The van der Waals surface area contributed by atoms with Gasteiger partial charge in [-0.05, 0) is 25.8 Å². The number of aryl methyl sites for hydroxylation is 1. The maximum atomic E-state index is 11.2. The van der Waals surface area contributed by atoms with Crippen molar-refractivity contribution in [3.8, 4) is 11.5 Å². The maximum Gasteiger partial charge on any atom is 0.339 e. The lowest BCUT2D eigenvalue weighted by Gasteiger charge is -2.06. The summed E-state index contributed by atoms with van der Waals surface area (Å²) >= 11 is 0. The minimum Gasteiger partial charge on any atom is -0.478 e. The molecule has 1 aliphatic rings. The van der Waals surface area contributed by atoms with Crippen LogP contribution in [0.4, 0.5) is 0 Å². The molecule has 3 rings (SSSR count). The van der Waals surface area contributed by atoms with Gasteiger partial charge >= 0.3 is 5.97 Å². The van der Waals surface area contributed by atoms with Crippen LogP contribution in [0.1, 0.15) is 40.6 Å². The molecule has 19 heavy (non-hydrogen) atoms. The van der Waals surface area contributed by atoms with Gasteiger partial charge in [-0.2, -0.15) is 0 Å². The zero-order chi connectivity index (χ0) is 13.4. The minimum atomic E-state index is -0.979. The summed E-state index contributed by atoms with van der Waals surface area (Å²) in [6.45, 7) is 1.79. The maximum absolute atomic E-state index is 11.2. The Morgan fingerprint density at radius 3 is 2.74 bits per heavy atom. The number of rotatable bonds is 3. The fourth-order valence-corrected chi connectivity index (χ4v) is 1.93. The second-order valence-corrected chi connectivity index (χ2v) is 4.56. The summed E-state index contributed by atoms with van der Waals surface area (Å²) in [6, 6.07) is 1.72. The topological polar surface area (TPSA) is 88.9 Å². The number of carboxylic acid groups (broad SMARTS) is 1. The Hall–Kier alpha value is -2.37. The molecule has 0 bridgehead atoms. The SMILES string of the molecule is Cc1nccc(-c2ncc(C(=O)O)c(C3CC3)n2)n1. The Kier molecular flexibility index (Phi) is 2.70.